The van der Waals surface area contributed by atoms with Gasteiger partial charge in [-0.25, -0.2) is 9.67 Å². The molecule has 0 fully saturated rings. The molecule has 0 aliphatic carbocycles. The van der Waals surface area contributed by atoms with Crippen LogP contribution in [-0.4, -0.2) is 27.1 Å². The standard InChI is InChI=1S/C15H14N4O/c1-20-15-14-13(9-10-16-15)19(18-17-14)11-5-8-12-6-3-2-4-7-12/h2-10H,11H2,1H3/b8-5+. The van der Waals surface area contributed by atoms with Crippen molar-refractivity contribution in [2.75, 3.05) is 7.11 Å². The number of ether oxygens (including phenoxy) is 1. The maximum atomic E-state index is 5.17. The minimum atomic E-state index is 0.501. The zero-order valence-corrected chi connectivity index (χ0v) is 11.1. The summed E-state index contributed by atoms with van der Waals surface area (Å²) in [5.74, 6) is 0.501. The SMILES string of the molecule is COc1nccc2c1nnn2C/C=C/c1ccccc1. The second-order valence-electron chi connectivity index (χ2n) is 4.27. The predicted molar refractivity (Wildman–Crippen MR) is 77.4 cm³/mol. The van der Waals surface area contributed by atoms with E-state index in [0.717, 1.165) is 11.1 Å². The number of fused-ring (bicyclic) bond motifs is 1. The number of methoxy groups -OCH3 is 1. The van der Waals surface area contributed by atoms with Gasteiger partial charge in [0.1, 0.15) is 0 Å². The fourth-order valence-corrected chi connectivity index (χ4v) is 2.01. The molecule has 5 heteroatoms. The Bertz CT molecular complexity index is 734. The quantitative estimate of drug-likeness (QED) is 0.728. The number of nitrogens with zero attached hydrogens (tertiary/aromatic N) is 4. The Kier molecular flexibility index (Phi) is 3.41. The molecule has 2 heterocycles. The van der Waals surface area contributed by atoms with Crippen molar-refractivity contribution in [1.82, 2.24) is 20.0 Å². The molecule has 0 saturated carbocycles. The minimum Gasteiger partial charge on any atom is -0.479 e. The van der Waals surface area contributed by atoms with Crippen LogP contribution in [0, 0.1) is 0 Å². The molecule has 20 heavy (non-hydrogen) atoms. The molecule has 3 aromatic rings. The predicted octanol–water partition coefficient (Wildman–Crippen LogP) is 2.55. The van der Waals surface area contributed by atoms with Crippen molar-refractivity contribution in [2.45, 2.75) is 6.54 Å². The van der Waals surface area contributed by atoms with Gasteiger partial charge in [0.2, 0.25) is 5.88 Å². The van der Waals surface area contributed by atoms with Gasteiger partial charge in [0.05, 0.1) is 19.2 Å². The third-order valence-electron chi connectivity index (χ3n) is 2.98. The number of allylic oxidation sites excluding steroid dienone is 1. The molecule has 0 amide bonds. The summed E-state index contributed by atoms with van der Waals surface area (Å²) < 4.78 is 6.99. The van der Waals surface area contributed by atoms with E-state index in [-0.39, 0.29) is 0 Å². The second kappa shape index (κ2) is 5.52. The van der Waals surface area contributed by atoms with Crippen molar-refractivity contribution in [2.24, 2.45) is 0 Å². The molecule has 0 radical (unpaired) electrons. The second-order valence-corrected chi connectivity index (χ2v) is 4.27. The molecule has 0 N–H and O–H groups in total. The molecule has 1 aromatic carbocycles. The van der Waals surface area contributed by atoms with Crippen LogP contribution in [0.5, 0.6) is 5.88 Å². The van der Waals surface area contributed by atoms with Crippen LogP contribution >= 0.6 is 0 Å². The number of rotatable bonds is 4. The zero-order valence-electron chi connectivity index (χ0n) is 11.1. The van der Waals surface area contributed by atoms with Crippen LogP contribution in [0.25, 0.3) is 17.1 Å². The van der Waals surface area contributed by atoms with Crippen LogP contribution in [0.1, 0.15) is 5.56 Å². The summed E-state index contributed by atoms with van der Waals surface area (Å²) in [6, 6.07) is 12.0. The van der Waals surface area contributed by atoms with Gasteiger partial charge < -0.3 is 4.74 Å². The average Bonchev–Trinajstić information content (AvgIpc) is 2.92. The first kappa shape index (κ1) is 12.3. The van der Waals surface area contributed by atoms with E-state index in [9.17, 15) is 0 Å². The zero-order chi connectivity index (χ0) is 13.8. The summed E-state index contributed by atoms with van der Waals surface area (Å²) in [5.41, 5.74) is 2.76. The molecular formula is C15H14N4O. The van der Waals surface area contributed by atoms with Crippen molar-refractivity contribution >= 4 is 17.1 Å². The fraction of sp³-hybridized carbons (Fsp3) is 0.133. The molecule has 100 valence electrons. The minimum absolute atomic E-state index is 0.501. The number of hydrogen-bond donors (Lipinski definition) is 0. The maximum absolute atomic E-state index is 5.17. The highest BCUT2D eigenvalue weighted by molar-refractivity contribution is 5.78. The summed E-state index contributed by atoms with van der Waals surface area (Å²) in [4.78, 5) is 4.11. The molecular weight excluding hydrogens is 252 g/mol. The van der Waals surface area contributed by atoms with Gasteiger partial charge in [0, 0.05) is 6.20 Å². The maximum Gasteiger partial charge on any atom is 0.243 e. The van der Waals surface area contributed by atoms with Crippen LogP contribution in [-0.2, 0) is 6.54 Å². The first-order valence-corrected chi connectivity index (χ1v) is 6.32. The highest BCUT2D eigenvalue weighted by atomic mass is 16.5. The van der Waals surface area contributed by atoms with E-state index < -0.39 is 0 Å². The largest absolute Gasteiger partial charge is 0.479 e. The summed E-state index contributed by atoms with van der Waals surface area (Å²) in [6.07, 6.45) is 5.81. The van der Waals surface area contributed by atoms with Gasteiger partial charge in [-0.1, -0.05) is 47.7 Å². The van der Waals surface area contributed by atoms with Gasteiger partial charge in [-0.3, -0.25) is 0 Å². The number of benzene rings is 1. The Hall–Kier alpha value is -2.69. The molecule has 0 spiro atoms. The van der Waals surface area contributed by atoms with E-state index >= 15 is 0 Å². The number of pyridine rings is 1. The van der Waals surface area contributed by atoms with Gasteiger partial charge in [-0.2, -0.15) is 0 Å². The average molecular weight is 266 g/mol. The van der Waals surface area contributed by atoms with Crippen molar-refractivity contribution in [3.63, 3.8) is 0 Å². The molecule has 0 atom stereocenters. The summed E-state index contributed by atoms with van der Waals surface area (Å²) >= 11 is 0. The van der Waals surface area contributed by atoms with Crippen LogP contribution in [0.3, 0.4) is 0 Å². The fourth-order valence-electron chi connectivity index (χ4n) is 2.01. The Morgan fingerprint density at radius 2 is 2.05 bits per heavy atom. The van der Waals surface area contributed by atoms with Gasteiger partial charge in [0.15, 0.2) is 5.52 Å². The van der Waals surface area contributed by atoms with Crippen LogP contribution in [0.15, 0.2) is 48.7 Å². The molecule has 0 unspecified atom stereocenters. The third kappa shape index (κ3) is 2.38. The van der Waals surface area contributed by atoms with E-state index in [4.69, 9.17) is 4.74 Å². The molecule has 0 bridgehead atoms. The van der Waals surface area contributed by atoms with E-state index in [1.807, 2.05) is 28.9 Å². The summed E-state index contributed by atoms with van der Waals surface area (Å²) in [6.45, 7) is 0.651. The molecule has 0 aliphatic rings. The summed E-state index contributed by atoms with van der Waals surface area (Å²) in [5, 5.41) is 8.24. The lowest BCUT2D eigenvalue weighted by atomic mass is 10.2. The number of aromatic nitrogens is 4. The topological polar surface area (TPSA) is 52.8 Å². The van der Waals surface area contributed by atoms with E-state index in [2.05, 4.69) is 39.6 Å². The lowest BCUT2D eigenvalue weighted by molar-refractivity contribution is 0.402. The first-order valence-electron chi connectivity index (χ1n) is 6.32. The highest BCUT2D eigenvalue weighted by Crippen LogP contribution is 2.19. The normalized spacial score (nSPS) is 11.2. The first-order chi connectivity index (χ1) is 9.88. The van der Waals surface area contributed by atoms with Gasteiger partial charge in [-0.15, -0.1) is 5.10 Å². The van der Waals surface area contributed by atoms with Crippen molar-refractivity contribution < 1.29 is 4.74 Å². The van der Waals surface area contributed by atoms with Gasteiger partial charge in [-0.05, 0) is 11.6 Å². The van der Waals surface area contributed by atoms with Crippen LogP contribution < -0.4 is 4.74 Å². The molecule has 0 saturated heterocycles. The molecule has 0 aliphatic heterocycles. The van der Waals surface area contributed by atoms with Crippen LogP contribution in [0.4, 0.5) is 0 Å². The Morgan fingerprint density at radius 3 is 2.85 bits per heavy atom. The lowest BCUT2D eigenvalue weighted by Crippen LogP contribution is -1.97. The molecule has 2 aromatic heterocycles. The van der Waals surface area contributed by atoms with Crippen molar-refractivity contribution in [3.8, 4) is 5.88 Å². The monoisotopic (exact) mass is 266 g/mol. The van der Waals surface area contributed by atoms with Crippen molar-refractivity contribution in [3.05, 3.63) is 54.2 Å². The Morgan fingerprint density at radius 1 is 1.20 bits per heavy atom. The smallest absolute Gasteiger partial charge is 0.243 e. The Labute approximate surface area is 116 Å². The lowest BCUT2D eigenvalue weighted by Gasteiger charge is -1.99. The molecule has 5 nitrogen and oxygen atoms in total. The molecule has 3 rings (SSSR count). The van der Waals surface area contributed by atoms with E-state index in [1.165, 1.54) is 0 Å². The van der Waals surface area contributed by atoms with Gasteiger partial charge >= 0.3 is 0 Å². The third-order valence-corrected chi connectivity index (χ3v) is 2.98. The number of hydrogen-bond acceptors (Lipinski definition) is 4. The van der Waals surface area contributed by atoms with E-state index in [1.54, 1.807) is 13.3 Å². The Balaban J connectivity index is 1.83. The van der Waals surface area contributed by atoms with E-state index in [0.29, 0.717) is 17.9 Å². The van der Waals surface area contributed by atoms with Gasteiger partial charge in [0.25, 0.3) is 0 Å². The highest BCUT2D eigenvalue weighted by Gasteiger charge is 2.08. The van der Waals surface area contributed by atoms with Crippen LogP contribution in [0.2, 0.25) is 0 Å². The van der Waals surface area contributed by atoms with Crippen molar-refractivity contribution in [1.29, 1.82) is 0 Å². The summed E-state index contributed by atoms with van der Waals surface area (Å²) in [7, 11) is 1.58.